The van der Waals surface area contributed by atoms with Gasteiger partial charge in [0.05, 0.1) is 12.2 Å². The van der Waals surface area contributed by atoms with E-state index in [2.05, 4.69) is 27.7 Å². The zero-order chi connectivity index (χ0) is 7.78. The Morgan fingerprint density at radius 1 is 1.30 bits per heavy atom. The number of rotatable bonds is 2. The van der Waals surface area contributed by atoms with Crippen molar-refractivity contribution in [2.45, 2.75) is 52.7 Å². The maximum absolute atomic E-state index is 5.73. The van der Waals surface area contributed by atoms with Crippen molar-refractivity contribution in [1.82, 2.24) is 0 Å². The summed E-state index contributed by atoms with van der Waals surface area (Å²) in [6, 6.07) is 0. The summed E-state index contributed by atoms with van der Waals surface area (Å²) in [6.45, 7) is 8.83. The molecule has 0 heterocycles. The van der Waals surface area contributed by atoms with Gasteiger partial charge in [0.25, 0.3) is 0 Å². The number of hydrogen-bond donors (Lipinski definition) is 0. The predicted octanol–water partition coefficient (Wildman–Crippen LogP) is 2.60. The Kier molecular flexibility index (Phi) is 2.04. The second-order valence-corrected chi connectivity index (χ2v) is 4.34. The molecule has 0 aliphatic heterocycles. The lowest BCUT2D eigenvalue weighted by Crippen LogP contribution is -2.26. The Labute approximate surface area is 63.8 Å². The van der Waals surface area contributed by atoms with E-state index in [0.29, 0.717) is 17.6 Å². The Morgan fingerprint density at radius 3 is 2.10 bits per heavy atom. The molecule has 1 unspecified atom stereocenters. The molecule has 0 aromatic heterocycles. The Bertz CT molecular complexity index is 108. The van der Waals surface area contributed by atoms with E-state index in [0.717, 1.165) is 0 Å². The van der Waals surface area contributed by atoms with E-state index in [4.69, 9.17) is 4.74 Å². The van der Waals surface area contributed by atoms with E-state index in [1.807, 2.05) is 0 Å². The average molecular weight is 142 g/mol. The molecule has 1 atom stereocenters. The van der Waals surface area contributed by atoms with Crippen molar-refractivity contribution in [2.75, 3.05) is 0 Å². The van der Waals surface area contributed by atoms with Crippen molar-refractivity contribution in [3.63, 3.8) is 0 Å². The van der Waals surface area contributed by atoms with Gasteiger partial charge in [-0.15, -0.1) is 0 Å². The van der Waals surface area contributed by atoms with Crippen LogP contribution in [0.4, 0.5) is 0 Å². The summed E-state index contributed by atoms with van der Waals surface area (Å²) in [7, 11) is 0. The zero-order valence-electron chi connectivity index (χ0n) is 7.48. The van der Waals surface area contributed by atoms with E-state index < -0.39 is 0 Å². The molecule has 1 saturated carbocycles. The second-order valence-electron chi connectivity index (χ2n) is 4.34. The van der Waals surface area contributed by atoms with Crippen molar-refractivity contribution in [3.8, 4) is 0 Å². The molecular weight excluding hydrogens is 124 g/mol. The quantitative estimate of drug-likeness (QED) is 0.576. The van der Waals surface area contributed by atoms with Crippen molar-refractivity contribution in [1.29, 1.82) is 0 Å². The molecule has 1 fully saturated rings. The largest absolute Gasteiger partial charge is 0.375 e. The van der Waals surface area contributed by atoms with Crippen LogP contribution in [0.1, 0.15) is 40.5 Å². The van der Waals surface area contributed by atoms with Crippen LogP contribution < -0.4 is 0 Å². The molecule has 0 saturated heterocycles. The first kappa shape index (κ1) is 8.06. The first-order chi connectivity index (χ1) is 4.50. The highest BCUT2D eigenvalue weighted by Crippen LogP contribution is 2.30. The first-order valence-electron chi connectivity index (χ1n) is 4.15. The smallest absolute Gasteiger partial charge is 0.0599 e. The standard InChI is InChI=1S/C9H18O/c1-7(9(2,3)4)10-8-5-6-8/h7-8H,5-6H2,1-4H3. The van der Waals surface area contributed by atoms with E-state index >= 15 is 0 Å². The molecule has 0 spiro atoms. The van der Waals surface area contributed by atoms with Gasteiger partial charge in [-0.2, -0.15) is 0 Å². The Morgan fingerprint density at radius 2 is 1.80 bits per heavy atom. The van der Waals surface area contributed by atoms with Crippen LogP contribution in [0.15, 0.2) is 0 Å². The van der Waals surface area contributed by atoms with Crippen LogP contribution in [0.25, 0.3) is 0 Å². The fourth-order valence-corrected chi connectivity index (χ4v) is 0.697. The lowest BCUT2D eigenvalue weighted by molar-refractivity contribution is -0.0155. The van der Waals surface area contributed by atoms with E-state index in [-0.39, 0.29) is 0 Å². The van der Waals surface area contributed by atoms with Gasteiger partial charge >= 0.3 is 0 Å². The summed E-state index contributed by atoms with van der Waals surface area (Å²) in [5.41, 5.74) is 0.308. The third-order valence-corrected chi connectivity index (χ3v) is 2.14. The van der Waals surface area contributed by atoms with Crippen LogP contribution in [-0.2, 0) is 4.74 Å². The van der Waals surface area contributed by atoms with Crippen molar-refractivity contribution < 1.29 is 4.74 Å². The van der Waals surface area contributed by atoms with E-state index in [9.17, 15) is 0 Å². The molecule has 0 N–H and O–H groups in total. The van der Waals surface area contributed by atoms with Crippen LogP contribution in [0, 0.1) is 5.41 Å². The van der Waals surface area contributed by atoms with Gasteiger partial charge in [0.15, 0.2) is 0 Å². The summed E-state index contributed by atoms with van der Waals surface area (Å²) in [4.78, 5) is 0. The van der Waals surface area contributed by atoms with E-state index in [1.54, 1.807) is 0 Å². The summed E-state index contributed by atoms with van der Waals surface area (Å²) in [5.74, 6) is 0. The molecule has 1 aliphatic rings. The summed E-state index contributed by atoms with van der Waals surface area (Å²) in [5, 5.41) is 0. The fraction of sp³-hybridized carbons (Fsp3) is 1.00. The van der Waals surface area contributed by atoms with Gasteiger partial charge in [0, 0.05) is 0 Å². The normalized spacial score (nSPS) is 22.8. The van der Waals surface area contributed by atoms with Gasteiger partial charge in [-0.05, 0) is 25.2 Å². The summed E-state index contributed by atoms with van der Waals surface area (Å²) < 4.78 is 5.73. The van der Waals surface area contributed by atoms with Crippen LogP contribution in [0.3, 0.4) is 0 Å². The van der Waals surface area contributed by atoms with Crippen LogP contribution in [-0.4, -0.2) is 12.2 Å². The molecular formula is C9H18O. The lowest BCUT2D eigenvalue weighted by atomic mass is 9.90. The van der Waals surface area contributed by atoms with Gasteiger partial charge < -0.3 is 4.74 Å². The maximum atomic E-state index is 5.73. The molecule has 0 radical (unpaired) electrons. The summed E-state index contributed by atoms with van der Waals surface area (Å²) >= 11 is 0. The fourth-order valence-electron chi connectivity index (χ4n) is 0.697. The van der Waals surface area contributed by atoms with E-state index in [1.165, 1.54) is 12.8 Å². The molecule has 1 nitrogen and oxygen atoms in total. The van der Waals surface area contributed by atoms with Crippen molar-refractivity contribution in [3.05, 3.63) is 0 Å². The average Bonchev–Trinajstić information content (AvgIpc) is 2.47. The molecule has 0 amide bonds. The molecule has 1 heteroatoms. The highest BCUT2D eigenvalue weighted by Gasteiger charge is 2.29. The Balaban J connectivity index is 2.25. The molecule has 0 aromatic carbocycles. The summed E-state index contributed by atoms with van der Waals surface area (Å²) in [6.07, 6.45) is 3.55. The second kappa shape index (κ2) is 2.54. The van der Waals surface area contributed by atoms with Crippen molar-refractivity contribution >= 4 is 0 Å². The molecule has 0 aromatic rings. The van der Waals surface area contributed by atoms with Gasteiger partial charge in [0.2, 0.25) is 0 Å². The monoisotopic (exact) mass is 142 g/mol. The topological polar surface area (TPSA) is 9.23 Å². The molecule has 10 heavy (non-hydrogen) atoms. The third-order valence-electron chi connectivity index (χ3n) is 2.14. The first-order valence-corrected chi connectivity index (χ1v) is 4.15. The minimum atomic E-state index is 0.308. The molecule has 60 valence electrons. The minimum absolute atomic E-state index is 0.308. The molecule has 0 bridgehead atoms. The van der Waals surface area contributed by atoms with Crippen LogP contribution >= 0.6 is 0 Å². The molecule has 1 aliphatic carbocycles. The molecule has 1 rings (SSSR count). The number of ether oxygens (including phenoxy) is 1. The highest BCUT2D eigenvalue weighted by molar-refractivity contribution is 4.78. The van der Waals surface area contributed by atoms with Gasteiger partial charge in [0.1, 0.15) is 0 Å². The van der Waals surface area contributed by atoms with Gasteiger partial charge in [-0.25, -0.2) is 0 Å². The highest BCUT2D eigenvalue weighted by atomic mass is 16.5. The Hall–Kier alpha value is -0.0400. The van der Waals surface area contributed by atoms with Crippen LogP contribution in [0.2, 0.25) is 0 Å². The van der Waals surface area contributed by atoms with Gasteiger partial charge in [-0.3, -0.25) is 0 Å². The maximum Gasteiger partial charge on any atom is 0.0599 e. The lowest BCUT2D eigenvalue weighted by Gasteiger charge is -2.27. The van der Waals surface area contributed by atoms with Crippen LogP contribution in [0.5, 0.6) is 0 Å². The third kappa shape index (κ3) is 2.30. The predicted molar refractivity (Wildman–Crippen MR) is 43.0 cm³/mol. The zero-order valence-corrected chi connectivity index (χ0v) is 7.48. The number of hydrogen-bond acceptors (Lipinski definition) is 1. The minimum Gasteiger partial charge on any atom is -0.375 e. The van der Waals surface area contributed by atoms with Gasteiger partial charge in [-0.1, -0.05) is 20.8 Å². The van der Waals surface area contributed by atoms with Crippen molar-refractivity contribution in [2.24, 2.45) is 5.41 Å². The SMILES string of the molecule is CC(OC1CC1)C(C)(C)C.